The number of nitrogen functional groups attached to an aromatic ring is 1. The fraction of sp³-hybridized carbons (Fsp3) is 0.158. The first-order valence-corrected chi connectivity index (χ1v) is 8.28. The van der Waals surface area contributed by atoms with Crippen LogP contribution in [0.15, 0.2) is 48.5 Å². The Hall–Kier alpha value is -3.88. The molecule has 9 heteroatoms. The lowest BCUT2D eigenvalue weighted by molar-refractivity contribution is -0.140. The van der Waals surface area contributed by atoms with E-state index in [4.69, 9.17) is 15.9 Å². The Morgan fingerprint density at radius 2 is 1.39 bits per heavy atom. The predicted octanol–water partition coefficient (Wildman–Crippen LogP) is 1.57. The number of carbonyl (C=O) groups is 4. The van der Waals surface area contributed by atoms with Crippen molar-refractivity contribution in [3.8, 4) is 0 Å². The van der Waals surface area contributed by atoms with E-state index < -0.39 is 23.9 Å². The third kappa shape index (κ3) is 5.84. The summed E-state index contributed by atoms with van der Waals surface area (Å²) in [6, 6.07) is 10.9. The van der Waals surface area contributed by atoms with Gasteiger partial charge in [-0.1, -0.05) is 0 Å². The highest BCUT2D eigenvalue weighted by Gasteiger charge is 2.21. The van der Waals surface area contributed by atoms with Crippen LogP contribution in [0.1, 0.15) is 33.6 Å². The number of carboxylic acids is 2. The smallest absolute Gasteiger partial charge is 0.326 e. The van der Waals surface area contributed by atoms with Gasteiger partial charge in [0.15, 0.2) is 0 Å². The van der Waals surface area contributed by atoms with E-state index in [1.165, 1.54) is 24.3 Å². The van der Waals surface area contributed by atoms with Crippen molar-refractivity contribution in [3.05, 3.63) is 59.7 Å². The summed E-state index contributed by atoms with van der Waals surface area (Å²) in [6.07, 6.45) is -0.612. The molecule has 0 heterocycles. The van der Waals surface area contributed by atoms with Crippen molar-refractivity contribution in [1.82, 2.24) is 5.32 Å². The van der Waals surface area contributed by atoms with Gasteiger partial charge in [-0.2, -0.15) is 0 Å². The first-order valence-electron chi connectivity index (χ1n) is 8.28. The second kappa shape index (κ2) is 9.17. The van der Waals surface area contributed by atoms with Gasteiger partial charge in [0.25, 0.3) is 11.8 Å². The van der Waals surface area contributed by atoms with E-state index in [9.17, 15) is 19.2 Å². The van der Waals surface area contributed by atoms with E-state index in [-0.39, 0.29) is 24.3 Å². The zero-order chi connectivity index (χ0) is 20.7. The summed E-state index contributed by atoms with van der Waals surface area (Å²) in [7, 11) is 0. The minimum Gasteiger partial charge on any atom is -0.481 e. The lowest BCUT2D eigenvalue weighted by Gasteiger charge is -2.14. The van der Waals surface area contributed by atoms with E-state index in [0.717, 1.165) is 0 Å². The van der Waals surface area contributed by atoms with Crippen LogP contribution in [0, 0.1) is 0 Å². The first-order chi connectivity index (χ1) is 13.3. The Morgan fingerprint density at radius 1 is 0.857 bits per heavy atom. The van der Waals surface area contributed by atoms with Crippen LogP contribution < -0.4 is 16.4 Å². The third-order valence-electron chi connectivity index (χ3n) is 3.83. The number of carboxylic acid groups (broad SMARTS) is 2. The maximum atomic E-state index is 12.2. The van der Waals surface area contributed by atoms with Gasteiger partial charge in [0.05, 0.1) is 0 Å². The van der Waals surface area contributed by atoms with Gasteiger partial charge in [0, 0.05) is 28.9 Å². The Labute approximate surface area is 160 Å². The molecule has 28 heavy (non-hydrogen) atoms. The standard InChI is InChI=1S/C19H19N3O6/c20-13-5-1-11(2-6-13)17(25)21-14-7-3-12(4-8-14)18(26)22-15(19(27)28)9-10-16(23)24/h1-8,15H,9-10,20H2,(H,21,25)(H,22,26)(H,23,24)(H,27,28)/t15-/m0/s1. The second-order valence-electron chi connectivity index (χ2n) is 5.95. The molecular weight excluding hydrogens is 366 g/mol. The fourth-order valence-corrected chi connectivity index (χ4v) is 2.31. The van der Waals surface area contributed by atoms with Crippen molar-refractivity contribution in [2.24, 2.45) is 0 Å². The molecule has 0 unspecified atom stereocenters. The van der Waals surface area contributed by atoms with Crippen LogP contribution in [0.3, 0.4) is 0 Å². The molecule has 0 saturated heterocycles. The summed E-state index contributed by atoms with van der Waals surface area (Å²) in [6.45, 7) is 0. The molecule has 0 fully saturated rings. The highest BCUT2D eigenvalue weighted by atomic mass is 16.4. The number of nitrogens with one attached hydrogen (secondary N) is 2. The van der Waals surface area contributed by atoms with E-state index in [1.807, 2.05) is 0 Å². The molecular formula is C19H19N3O6. The molecule has 0 aliphatic carbocycles. The number of hydrogen-bond donors (Lipinski definition) is 5. The van der Waals surface area contributed by atoms with Crippen LogP contribution in [-0.4, -0.2) is 40.0 Å². The van der Waals surface area contributed by atoms with Crippen molar-refractivity contribution >= 4 is 35.1 Å². The van der Waals surface area contributed by atoms with E-state index in [0.29, 0.717) is 16.9 Å². The summed E-state index contributed by atoms with van der Waals surface area (Å²) < 4.78 is 0. The Balaban J connectivity index is 1.99. The average molecular weight is 385 g/mol. The monoisotopic (exact) mass is 385 g/mol. The summed E-state index contributed by atoms with van der Waals surface area (Å²) >= 11 is 0. The summed E-state index contributed by atoms with van der Waals surface area (Å²) in [4.78, 5) is 46.0. The molecule has 146 valence electrons. The zero-order valence-electron chi connectivity index (χ0n) is 14.7. The van der Waals surface area contributed by atoms with Gasteiger partial charge in [0.2, 0.25) is 0 Å². The van der Waals surface area contributed by atoms with Crippen molar-refractivity contribution in [2.75, 3.05) is 11.1 Å². The van der Waals surface area contributed by atoms with Gasteiger partial charge in [-0.3, -0.25) is 14.4 Å². The van der Waals surface area contributed by atoms with Gasteiger partial charge in [-0.25, -0.2) is 4.79 Å². The summed E-state index contributed by atoms with van der Waals surface area (Å²) in [5.74, 6) is -3.48. The number of aliphatic carboxylic acids is 2. The first kappa shape index (κ1) is 20.4. The number of amides is 2. The maximum absolute atomic E-state index is 12.2. The van der Waals surface area contributed by atoms with E-state index in [1.54, 1.807) is 24.3 Å². The lowest BCUT2D eigenvalue weighted by atomic mass is 10.1. The molecule has 0 radical (unpaired) electrons. The van der Waals surface area contributed by atoms with Crippen LogP contribution in [0.2, 0.25) is 0 Å². The van der Waals surface area contributed by atoms with Gasteiger partial charge in [0.1, 0.15) is 6.04 Å². The molecule has 0 saturated carbocycles. The molecule has 0 aliphatic rings. The van der Waals surface area contributed by atoms with Crippen molar-refractivity contribution < 1.29 is 29.4 Å². The van der Waals surface area contributed by atoms with Crippen LogP contribution >= 0.6 is 0 Å². The van der Waals surface area contributed by atoms with Crippen LogP contribution in [0.5, 0.6) is 0 Å². The number of nitrogens with two attached hydrogens (primary N) is 1. The van der Waals surface area contributed by atoms with E-state index >= 15 is 0 Å². The zero-order valence-corrected chi connectivity index (χ0v) is 14.7. The highest BCUT2D eigenvalue weighted by Crippen LogP contribution is 2.13. The summed E-state index contributed by atoms with van der Waals surface area (Å²) in [5.41, 5.74) is 7.14. The number of rotatable bonds is 8. The topological polar surface area (TPSA) is 159 Å². The second-order valence-corrected chi connectivity index (χ2v) is 5.95. The molecule has 0 aromatic heterocycles. The Morgan fingerprint density at radius 3 is 1.93 bits per heavy atom. The molecule has 1 atom stereocenters. The molecule has 2 rings (SSSR count). The highest BCUT2D eigenvalue weighted by molar-refractivity contribution is 6.04. The fourth-order valence-electron chi connectivity index (χ4n) is 2.31. The van der Waals surface area contributed by atoms with E-state index in [2.05, 4.69) is 10.6 Å². The molecule has 0 aliphatic heterocycles. The molecule has 0 spiro atoms. The van der Waals surface area contributed by atoms with Crippen LogP contribution in [0.25, 0.3) is 0 Å². The maximum Gasteiger partial charge on any atom is 0.326 e. The lowest BCUT2D eigenvalue weighted by Crippen LogP contribution is -2.41. The summed E-state index contributed by atoms with van der Waals surface area (Å²) in [5, 5.41) is 22.7. The van der Waals surface area contributed by atoms with Gasteiger partial charge in [-0.05, 0) is 55.0 Å². The molecule has 0 bridgehead atoms. The SMILES string of the molecule is Nc1ccc(C(=O)Nc2ccc(C(=O)N[C@@H](CCC(=O)O)C(=O)O)cc2)cc1. The number of hydrogen-bond acceptors (Lipinski definition) is 5. The van der Waals surface area contributed by atoms with Crippen molar-refractivity contribution in [1.29, 1.82) is 0 Å². The van der Waals surface area contributed by atoms with Crippen molar-refractivity contribution in [3.63, 3.8) is 0 Å². The minimum atomic E-state index is -1.32. The number of benzene rings is 2. The Bertz CT molecular complexity index is 878. The minimum absolute atomic E-state index is 0.173. The number of carbonyl (C=O) groups excluding carboxylic acids is 2. The van der Waals surface area contributed by atoms with Crippen molar-refractivity contribution in [2.45, 2.75) is 18.9 Å². The molecule has 2 aromatic rings. The Kier molecular flexibility index (Phi) is 6.69. The van der Waals surface area contributed by atoms with Crippen LogP contribution in [0.4, 0.5) is 11.4 Å². The average Bonchev–Trinajstić information content (AvgIpc) is 2.65. The largest absolute Gasteiger partial charge is 0.481 e. The normalized spacial score (nSPS) is 11.3. The molecule has 9 nitrogen and oxygen atoms in total. The molecule has 2 amide bonds. The van der Waals surface area contributed by atoms with Crippen LogP contribution in [-0.2, 0) is 9.59 Å². The molecule has 2 aromatic carbocycles. The van der Waals surface area contributed by atoms with Gasteiger partial charge >= 0.3 is 11.9 Å². The quantitative estimate of drug-likeness (QED) is 0.431. The van der Waals surface area contributed by atoms with Gasteiger partial charge < -0.3 is 26.6 Å². The third-order valence-corrected chi connectivity index (χ3v) is 3.83. The predicted molar refractivity (Wildman–Crippen MR) is 101 cm³/mol. The molecule has 6 N–H and O–H groups in total. The number of anilines is 2. The van der Waals surface area contributed by atoms with Gasteiger partial charge in [-0.15, -0.1) is 0 Å².